The number of amides is 1. The maximum absolute atomic E-state index is 12.9. The number of benzene rings is 1. The molecular formula is C21H33ClN2O2. The van der Waals surface area contributed by atoms with Crippen LogP contribution in [-0.4, -0.2) is 43.1 Å². The molecule has 0 saturated carbocycles. The van der Waals surface area contributed by atoms with Crippen LogP contribution in [0, 0.1) is 18.8 Å². The fourth-order valence-electron chi connectivity index (χ4n) is 4.16. The van der Waals surface area contributed by atoms with Gasteiger partial charge < -0.3 is 15.0 Å². The Balaban J connectivity index is 0.00000243. The van der Waals surface area contributed by atoms with Gasteiger partial charge in [-0.1, -0.05) is 26.0 Å². The maximum Gasteiger partial charge on any atom is 0.263 e. The number of fused-ring (bicyclic) bond motifs is 1. The third-order valence-corrected chi connectivity index (χ3v) is 5.77. The van der Waals surface area contributed by atoms with Crippen molar-refractivity contribution in [1.82, 2.24) is 10.2 Å². The van der Waals surface area contributed by atoms with E-state index in [-0.39, 0.29) is 18.3 Å². The minimum absolute atomic E-state index is 0. The van der Waals surface area contributed by atoms with Crippen molar-refractivity contribution in [1.29, 1.82) is 0 Å². The second kappa shape index (κ2) is 9.09. The summed E-state index contributed by atoms with van der Waals surface area (Å²) in [4.78, 5) is 14.9. The molecule has 2 saturated heterocycles. The largest absolute Gasteiger partial charge is 0.481 e. The van der Waals surface area contributed by atoms with Crippen molar-refractivity contribution >= 4 is 18.3 Å². The first-order valence-corrected chi connectivity index (χ1v) is 9.72. The average molecular weight is 381 g/mol. The van der Waals surface area contributed by atoms with Gasteiger partial charge in [0.15, 0.2) is 6.10 Å². The SMILES string of the molecule is Cc1ccc(C(C)C)c(OC(C)C(=O)N2CC[C@@H]3CNC[C@@H]3CC2)c1.Cl. The highest BCUT2D eigenvalue weighted by Crippen LogP contribution is 2.30. The zero-order valence-corrected chi connectivity index (χ0v) is 17.3. The molecule has 2 aliphatic heterocycles. The van der Waals surface area contributed by atoms with E-state index in [0.717, 1.165) is 62.2 Å². The number of nitrogens with one attached hydrogen (secondary N) is 1. The molecule has 146 valence electrons. The van der Waals surface area contributed by atoms with Crippen molar-refractivity contribution in [3.05, 3.63) is 29.3 Å². The van der Waals surface area contributed by atoms with Crippen LogP contribution in [0.3, 0.4) is 0 Å². The highest BCUT2D eigenvalue weighted by atomic mass is 35.5. The lowest BCUT2D eigenvalue weighted by molar-refractivity contribution is -0.138. The summed E-state index contributed by atoms with van der Waals surface area (Å²) in [5, 5.41) is 3.49. The molecule has 5 heteroatoms. The molecule has 1 N–H and O–H groups in total. The third-order valence-electron chi connectivity index (χ3n) is 5.77. The summed E-state index contributed by atoms with van der Waals surface area (Å²) in [5.74, 6) is 2.83. The van der Waals surface area contributed by atoms with Crippen molar-refractivity contribution in [3.63, 3.8) is 0 Å². The van der Waals surface area contributed by atoms with Crippen LogP contribution in [0.4, 0.5) is 0 Å². The second-order valence-corrected chi connectivity index (χ2v) is 8.04. The fourth-order valence-corrected chi connectivity index (χ4v) is 4.16. The highest BCUT2D eigenvalue weighted by Gasteiger charge is 2.33. The first kappa shape index (κ1) is 21.0. The Hall–Kier alpha value is -1.26. The lowest BCUT2D eigenvalue weighted by Crippen LogP contribution is -2.41. The minimum Gasteiger partial charge on any atom is -0.481 e. The van der Waals surface area contributed by atoms with Crippen LogP contribution in [-0.2, 0) is 4.79 Å². The number of hydrogen-bond acceptors (Lipinski definition) is 3. The van der Waals surface area contributed by atoms with E-state index in [1.54, 1.807) is 0 Å². The Kier molecular flexibility index (Phi) is 7.36. The Morgan fingerprint density at radius 1 is 1.15 bits per heavy atom. The number of carbonyl (C=O) groups excluding carboxylic acids is 1. The summed E-state index contributed by atoms with van der Waals surface area (Å²) in [6.45, 7) is 12.2. The lowest BCUT2D eigenvalue weighted by Gasteiger charge is -2.26. The van der Waals surface area contributed by atoms with E-state index in [1.165, 1.54) is 5.56 Å². The fraction of sp³-hybridized carbons (Fsp3) is 0.667. The molecule has 0 radical (unpaired) electrons. The molecule has 0 aromatic heterocycles. The Morgan fingerprint density at radius 3 is 2.35 bits per heavy atom. The van der Waals surface area contributed by atoms with E-state index >= 15 is 0 Å². The molecule has 3 atom stereocenters. The molecule has 3 rings (SSSR count). The summed E-state index contributed by atoms with van der Waals surface area (Å²) in [7, 11) is 0. The van der Waals surface area contributed by atoms with Crippen LogP contribution in [0.25, 0.3) is 0 Å². The van der Waals surface area contributed by atoms with E-state index in [2.05, 4.69) is 44.3 Å². The molecule has 4 nitrogen and oxygen atoms in total. The third kappa shape index (κ3) is 4.72. The molecule has 0 aliphatic carbocycles. The van der Waals surface area contributed by atoms with Gasteiger partial charge in [0.1, 0.15) is 5.75 Å². The Morgan fingerprint density at radius 2 is 1.77 bits per heavy atom. The first-order valence-electron chi connectivity index (χ1n) is 9.72. The summed E-state index contributed by atoms with van der Waals surface area (Å²) >= 11 is 0. The maximum atomic E-state index is 12.9. The van der Waals surface area contributed by atoms with Crippen LogP contribution in [0.5, 0.6) is 5.75 Å². The van der Waals surface area contributed by atoms with Crippen molar-refractivity contribution in [2.24, 2.45) is 11.8 Å². The van der Waals surface area contributed by atoms with Gasteiger partial charge in [-0.05, 0) is 74.7 Å². The van der Waals surface area contributed by atoms with Gasteiger partial charge in [0.2, 0.25) is 0 Å². The molecule has 1 aromatic rings. The lowest BCUT2D eigenvalue weighted by atomic mass is 9.92. The first-order chi connectivity index (χ1) is 12.0. The van der Waals surface area contributed by atoms with Crippen LogP contribution >= 0.6 is 12.4 Å². The second-order valence-electron chi connectivity index (χ2n) is 8.04. The van der Waals surface area contributed by atoms with Gasteiger partial charge in [0, 0.05) is 13.1 Å². The number of likely N-dealkylation sites (tertiary alicyclic amines) is 1. The molecule has 1 unspecified atom stereocenters. The van der Waals surface area contributed by atoms with E-state index < -0.39 is 6.10 Å². The van der Waals surface area contributed by atoms with Crippen LogP contribution in [0.15, 0.2) is 18.2 Å². The van der Waals surface area contributed by atoms with Gasteiger partial charge in [0.05, 0.1) is 0 Å². The molecule has 2 heterocycles. The molecule has 1 amide bonds. The summed E-state index contributed by atoms with van der Waals surface area (Å²) in [6, 6.07) is 6.28. The quantitative estimate of drug-likeness (QED) is 0.864. The number of rotatable bonds is 4. The van der Waals surface area contributed by atoms with E-state index in [4.69, 9.17) is 4.74 Å². The highest BCUT2D eigenvalue weighted by molar-refractivity contribution is 5.85. The van der Waals surface area contributed by atoms with Crippen molar-refractivity contribution in [3.8, 4) is 5.75 Å². The van der Waals surface area contributed by atoms with Crippen molar-refractivity contribution in [2.75, 3.05) is 26.2 Å². The van der Waals surface area contributed by atoms with E-state index in [0.29, 0.717) is 5.92 Å². The number of aryl methyl sites for hydroxylation is 1. The Labute approximate surface area is 164 Å². The zero-order valence-electron chi connectivity index (χ0n) is 16.5. The van der Waals surface area contributed by atoms with Gasteiger partial charge in [-0.2, -0.15) is 0 Å². The van der Waals surface area contributed by atoms with Gasteiger partial charge in [-0.3, -0.25) is 4.79 Å². The summed E-state index contributed by atoms with van der Waals surface area (Å²) in [6.07, 6.45) is 1.78. The monoisotopic (exact) mass is 380 g/mol. The van der Waals surface area contributed by atoms with Crippen molar-refractivity contribution < 1.29 is 9.53 Å². The smallest absolute Gasteiger partial charge is 0.263 e. The minimum atomic E-state index is -0.435. The summed E-state index contributed by atoms with van der Waals surface area (Å²) < 4.78 is 6.13. The van der Waals surface area contributed by atoms with E-state index in [1.807, 2.05) is 11.8 Å². The zero-order chi connectivity index (χ0) is 18.0. The van der Waals surface area contributed by atoms with Gasteiger partial charge >= 0.3 is 0 Å². The number of ether oxygens (including phenoxy) is 1. The van der Waals surface area contributed by atoms with Crippen LogP contribution in [0.2, 0.25) is 0 Å². The van der Waals surface area contributed by atoms with Gasteiger partial charge in [-0.15, -0.1) is 12.4 Å². The number of carbonyl (C=O) groups is 1. The standard InChI is InChI=1S/C21H32N2O2.ClH/c1-14(2)19-6-5-15(3)11-20(19)25-16(4)21(24)23-9-7-17-12-22-13-18(17)8-10-23;/h5-6,11,14,16-18,22H,7-10,12-13H2,1-4H3;1H/t16?,17-,18+;. The normalized spacial score (nSPS) is 23.8. The molecule has 1 aromatic carbocycles. The van der Waals surface area contributed by atoms with Gasteiger partial charge in [-0.25, -0.2) is 0 Å². The number of hydrogen-bond donors (Lipinski definition) is 1. The molecular weight excluding hydrogens is 348 g/mol. The van der Waals surface area contributed by atoms with Gasteiger partial charge in [0.25, 0.3) is 5.91 Å². The molecule has 2 aliphatic rings. The molecule has 2 fully saturated rings. The number of nitrogens with zero attached hydrogens (tertiary/aromatic N) is 1. The predicted molar refractivity (Wildman–Crippen MR) is 108 cm³/mol. The van der Waals surface area contributed by atoms with Crippen LogP contribution < -0.4 is 10.1 Å². The molecule has 26 heavy (non-hydrogen) atoms. The summed E-state index contributed by atoms with van der Waals surface area (Å²) in [5.41, 5.74) is 2.33. The predicted octanol–water partition coefficient (Wildman–Crippen LogP) is 3.77. The Bertz CT molecular complexity index is 606. The van der Waals surface area contributed by atoms with Crippen LogP contribution in [0.1, 0.15) is 50.7 Å². The van der Waals surface area contributed by atoms with Crippen molar-refractivity contribution in [2.45, 2.75) is 52.6 Å². The molecule has 0 bridgehead atoms. The molecule has 0 spiro atoms. The topological polar surface area (TPSA) is 41.6 Å². The van der Waals surface area contributed by atoms with E-state index in [9.17, 15) is 4.79 Å². The number of halogens is 1. The average Bonchev–Trinajstić information content (AvgIpc) is 2.92.